The van der Waals surface area contributed by atoms with Crippen molar-refractivity contribution >= 4 is 35.1 Å². The first-order chi connectivity index (χ1) is 14.1. The minimum atomic E-state index is -1.04. The minimum Gasteiger partial charge on any atom is -0.480 e. The van der Waals surface area contributed by atoms with Gasteiger partial charge in [-0.05, 0) is 66.5 Å². The molecule has 0 spiro atoms. The van der Waals surface area contributed by atoms with Gasteiger partial charge in [-0.25, -0.2) is 0 Å². The first-order valence-corrected chi connectivity index (χ1v) is 10.6. The molecule has 2 aromatic carbocycles. The van der Waals surface area contributed by atoms with Crippen molar-refractivity contribution in [1.82, 2.24) is 5.32 Å². The Balaban J connectivity index is 1.97. The Bertz CT molecular complexity index is 848. The van der Waals surface area contributed by atoms with Gasteiger partial charge in [0.05, 0.1) is 0 Å². The van der Waals surface area contributed by atoms with Crippen LogP contribution in [-0.2, 0) is 22.4 Å². The van der Waals surface area contributed by atoms with Crippen LogP contribution in [0.15, 0.2) is 42.5 Å². The number of aryl methyl sites for hydroxylation is 1. The van der Waals surface area contributed by atoms with E-state index in [1.54, 1.807) is 6.07 Å². The first-order valence-electron chi connectivity index (χ1n) is 9.88. The molecule has 0 aliphatic carbocycles. The van der Waals surface area contributed by atoms with Crippen LogP contribution in [0.1, 0.15) is 43.4 Å². The van der Waals surface area contributed by atoms with E-state index in [0.29, 0.717) is 35.7 Å². The van der Waals surface area contributed by atoms with Crippen molar-refractivity contribution in [2.45, 2.75) is 51.6 Å². The Morgan fingerprint density at radius 3 is 1.90 bits per heavy atom. The lowest BCUT2D eigenvalue weighted by atomic mass is 9.99. The van der Waals surface area contributed by atoms with E-state index in [4.69, 9.17) is 23.2 Å². The number of carbonyl (C=O) groups is 2. The molecule has 0 aromatic heterocycles. The number of carboxylic acid groups (broad SMARTS) is 2. The zero-order valence-corrected chi connectivity index (χ0v) is 18.6. The standard InChI is InChI=1S/C23H27Cl2NO4/c1-14(2)9-21(23(29)30)26-20(22(27)28)8-7-15-3-5-16(6-4-15)10-17-11-18(24)13-19(25)12-17/h3-6,11-14,20-21,26H,7-10H2,1-2H3,(H,27,28)(H,29,30). The summed E-state index contributed by atoms with van der Waals surface area (Å²) < 4.78 is 0. The fourth-order valence-electron chi connectivity index (χ4n) is 3.32. The summed E-state index contributed by atoms with van der Waals surface area (Å²) in [6.07, 6.45) is 1.90. The minimum absolute atomic E-state index is 0.148. The molecule has 0 bridgehead atoms. The molecule has 30 heavy (non-hydrogen) atoms. The Kier molecular flexibility index (Phi) is 9.15. The number of nitrogens with one attached hydrogen (secondary N) is 1. The first kappa shape index (κ1) is 24.2. The molecule has 5 nitrogen and oxygen atoms in total. The van der Waals surface area contributed by atoms with Gasteiger partial charge in [0.25, 0.3) is 0 Å². The SMILES string of the molecule is CC(C)CC(NC(CCc1ccc(Cc2cc(Cl)cc(Cl)c2)cc1)C(=O)O)C(=O)O. The third kappa shape index (κ3) is 7.98. The van der Waals surface area contributed by atoms with Crippen molar-refractivity contribution in [2.24, 2.45) is 5.92 Å². The van der Waals surface area contributed by atoms with E-state index < -0.39 is 24.0 Å². The van der Waals surface area contributed by atoms with E-state index >= 15 is 0 Å². The summed E-state index contributed by atoms with van der Waals surface area (Å²) in [6.45, 7) is 3.82. The molecule has 3 N–H and O–H groups in total. The van der Waals surface area contributed by atoms with E-state index in [0.717, 1.165) is 16.7 Å². The van der Waals surface area contributed by atoms with Crippen molar-refractivity contribution in [3.8, 4) is 0 Å². The number of carboxylic acids is 2. The Hall–Kier alpha value is -2.08. The lowest BCUT2D eigenvalue weighted by Gasteiger charge is -2.21. The number of hydrogen-bond acceptors (Lipinski definition) is 3. The van der Waals surface area contributed by atoms with Crippen LogP contribution in [0.2, 0.25) is 10.0 Å². The van der Waals surface area contributed by atoms with Gasteiger partial charge in [0.15, 0.2) is 0 Å². The van der Waals surface area contributed by atoms with Gasteiger partial charge >= 0.3 is 11.9 Å². The fourth-order valence-corrected chi connectivity index (χ4v) is 3.89. The van der Waals surface area contributed by atoms with Crippen LogP contribution in [-0.4, -0.2) is 34.2 Å². The van der Waals surface area contributed by atoms with E-state index in [1.165, 1.54) is 0 Å². The van der Waals surface area contributed by atoms with E-state index in [1.807, 2.05) is 50.2 Å². The summed E-state index contributed by atoms with van der Waals surface area (Å²) in [6, 6.07) is 11.6. The molecule has 7 heteroatoms. The highest BCUT2D eigenvalue weighted by molar-refractivity contribution is 6.34. The monoisotopic (exact) mass is 451 g/mol. The average molecular weight is 452 g/mol. The smallest absolute Gasteiger partial charge is 0.320 e. The van der Waals surface area contributed by atoms with E-state index in [-0.39, 0.29) is 5.92 Å². The average Bonchev–Trinajstić information content (AvgIpc) is 2.63. The van der Waals surface area contributed by atoms with Crippen molar-refractivity contribution in [3.05, 3.63) is 69.2 Å². The third-order valence-corrected chi connectivity index (χ3v) is 5.22. The van der Waals surface area contributed by atoms with Crippen LogP contribution in [0.25, 0.3) is 0 Å². The second-order valence-corrected chi connectivity index (χ2v) is 8.76. The summed E-state index contributed by atoms with van der Waals surface area (Å²) in [4.78, 5) is 23.0. The molecule has 0 amide bonds. The van der Waals surface area contributed by atoms with Gasteiger partial charge in [-0.2, -0.15) is 0 Å². The predicted octanol–water partition coefficient (Wildman–Crippen LogP) is 5.06. The van der Waals surface area contributed by atoms with Crippen LogP contribution in [0.5, 0.6) is 0 Å². The highest BCUT2D eigenvalue weighted by Gasteiger charge is 2.26. The van der Waals surface area contributed by atoms with Gasteiger partial charge in [-0.1, -0.05) is 61.3 Å². The molecular weight excluding hydrogens is 425 g/mol. The molecule has 0 fully saturated rings. The van der Waals surface area contributed by atoms with Gasteiger partial charge in [0.1, 0.15) is 12.1 Å². The predicted molar refractivity (Wildman–Crippen MR) is 119 cm³/mol. The molecule has 0 aliphatic heterocycles. The van der Waals surface area contributed by atoms with Crippen molar-refractivity contribution in [3.63, 3.8) is 0 Å². The number of halogens is 2. The molecule has 0 radical (unpaired) electrons. The lowest BCUT2D eigenvalue weighted by Crippen LogP contribution is -2.47. The van der Waals surface area contributed by atoms with Gasteiger partial charge < -0.3 is 10.2 Å². The second kappa shape index (κ2) is 11.3. The Labute approximate surface area is 187 Å². The largest absolute Gasteiger partial charge is 0.480 e. The Morgan fingerprint density at radius 1 is 0.867 bits per heavy atom. The maximum atomic E-state index is 11.6. The van der Waals surface area contributed by atoms with Crippen molar-refractivity contribution in [1.29, 1.82) is 0 Å². The van der Waals surface area contributed by atoms with Crippen LogP contribution < -0.4 is 5.32 Å². The van der Waals surface area contributed by atoms with Gasteiger partial charge in [0.2, 0.25) is 0 Å². The van der Waals surface area contributed by atoms with Crippen LogP contribution >= 0.6 is 23.2 Å². The summed E-state index contributed by atoms with van der Waals surface area (Å²) in [5.41, 5.74) is 3.10. The van der Waals surface area contributed by atoms with Crippen molar-refractivity contribution < 1.29 is 19.8 Å². The van der Waals surface area contributed by atoms with Gasteiger partial charge in [-0.15, -0.1) is 0 Å². The third-order valence-electron chi connectivity index (χ3n) is 4.78. The molecule has 0 saturated carbocycles. The molecule has 0 heterocycles. The zero-order valence-electron chi connectivity index (χ0n) is 17.1. The highest BCUT2D eigenvalue weighted by atomic mass is 35.5. The summed E-state index contributed by atoms with van der Waals surface area (Å²) >= 11 is 12.1. The molecule has 162 valence electrons. The van der Waals surface area contributed by atoms with Crippen LogP contribution in [0.3, 0.4) is 0 Å². The second-order valence-electron chi connectivity index (χ2n) is 7.89. The van der Waals surface area contributed by atoms with Crippen molar-refractivity contribution in [2.75, 3.05) is 0 Å². The maximum absolute atomic E-state index is 11.6. The van der Waals surface area contributed by atoms with Gasteiger partial charge in [0, 0.05) is 10.0 Å². The molecule has 2 unspecified atom stereocenters. The maximum Gasteiger partial charge on any atom is 0.320 e. The van der Waals surface area contributed by atoms with Crippen LogP contribution in [0, 0.1) is 5.92 Å². The molecule has 2 aromatic rings. The number of aliphatic carboxylic acids is 2. The van der Waals surface area contributed by atoms with Gasteiger partial charge in [-0.3, -0.25) is 14.9 Å². The Morgan fingerprint density at radius 2 is 1.40 bits per heavy atom. The zero-order chi connectivity index (χ0) is 22.3. The summed E-state index contributed by atoms with van der Waals surface area (Å²) in [7, 11) is 0. The van der Waals surface area contributed by atoms with E-state index in [9.17, 15) is 19.8 Å². The molecule has 2 rings (SSSR count). The summed E-state index contributed by atoms with van der Waals surface area (Å²) in [5.74, 6) is -1.92. The molecule has 2 atom stereocenters. The lowest BCUT2D eigenvalue weighted by molar-refractivity contribution is -0.143. The van der Waals surface area contributed by atoms with Crippen LogP contribution in [0.4, 0.5) is 0 Å². The highest BCUT2D eigenvalue weighted by Crippen LogP contribution is 2.21. The normalized spacial score (nSPS) is 13.2. The summed E-state index contributed by atoms with van der Waals surface area (Å²) in [5, 5.41) is 22.8. The molecule has 0 aliphatic rings. The number of rotatable bonds is 11. The molecular formula is C23H27Cl2NO4. The fraction of sp³-hybridized carbons (Fsp3) is 0.391. The topological polar surface area (TPSA) is 86.6 Å². The number of benzene rings is 2. The van der Waals surface area contributed by atoms with E-state index in [2.05, 4.69) is 5.32 Å². The quantitative estimate of drug-likeness (QED) is 0.444. The number of hydrogen-bond donors (Lipinski definition) is 3. The molecule has 0 saturated heterocycles.